The molecule has 27 heavy (non-hydrogen) atoms. The van der Waals surface area contributed by atoms with Crippen molar-refractivity contribution >= 4 is 22.7 Å². The van der Waals surface area contributed by atoms with Gasteiger partial charge in [-0.15, -0.1) is 11.8 Å². The van der Waals surface area contributed by atoms with E-state index in [2.05, 4.69) is 35.5 Å². The number of hydrogen-bond donors (Lipinski definition) is 2. The minimum absolute atomic E-state index is 0.662. The lowest BCUT2D eigenvalue weighted by Gasteiger charge is -2.11. The molecule has 0 radical (unpaired) electrons. The topological polar surface area (TPSA) is 60.3 Å². The fourth-order valence-corrected chi connectivity index (χ4v) is 3.87. The molecule has 3 rings (SSSR count). The van der Waals surface area contributed by atoms with Gasteiger partial charge in [0.25, 0.3) is 0 Å². The molecule has 0 bridgehead atoms. The minimum atomic E-state index is 0.662. The number of rotatable bonds is 9. The van der Waals surface area contributed by atoms with E-state index in [9.17, 15) is 0 Å². The molecule has 0 amide bonds. The van der Waals surface area contributed by atoms with Crippen LogP contribution in [0.5, 0.6) is 11.5 Å². The average Bonchev–Trinajstić information content (AvgIpc) is 3.06. The zero-order valence-corrected chi connectivity index (χ0v) is 17.1. The predicted octanol–water partition coefficient (Wildman–Crippen LogP) is 5.25. The van der Waals surface area contributed by atoms with Crippen LogP contribution in [0.4, 0.5) is 0 Å². The van der Waals surface area contributed by atoms with Crippen molar-refractivity contribution in [3.63, 3.8) is 0 Å². The Labute approximate surface area is 165 Å². The summed E-state index contributed by atoms with van der Waals surface area (Å²) in [6, 6.07) is 12.6. The van der Waals surface area contributed by atoms with Crippen LogP contribution in [0, 0.1) is 0 Å². The number of ether oxygens (including phenoxy) is 2. The van der Waals surface area contributed by atoms with Crippen LogP contribution >= 0.6 is 11.8 Å². The number of thioether (sulfide) groups is 1. The number of aromatic nitrogens is 1. The molecule has 144 valence electrons. The predicted molar refractivity (Wildman–Crippen MR) is 115 cm³/mol. The number of H-pyrrole nitrogens is 1. The first-order valence-corrected chi connectivity index (χ1v) is 10.6. The Morgan fingerprint density at radius 2 is 1.96 bits per heavy atom. The van der Waals surface area contributed by atoms with E-state index in [-0.39, 0.29) is 0 Å². The van der Waals surface area contributed by atoms with Crippen LogP contribution in [0.15, 0.2) is 41.3 Å². The smallest absolute Gasteiger partial charge is 0.128 e. The summed E-state index contributed by atoms with van der Waals surface area (Å²) < 4.78 is 11.4. The lowest BCUT2D eigenvalue weighted by atomic mass is 9.99. The zero-order valence-electron chi connectivity index (χ0n) is 16.3. The Kier molecular flexibility index (Phi) is 6.69. The number of fused-ring (bicyclic) bond motifs is 1. The van der Waals surface area contributed by atoms with Gasteiger partial charge in [-0.3, -0.25) is 0 Å². The van der Waals surface area contributed by atoms with Gasteiger partial charge < -0.3 is 20.2 Å². The van der Waals surface area contributed by atoms with Gasteiger partial charge in [0.15, 0.2) is 0 Å². The number of hydrogen-bond acceptors (Lipinski definition) is 4. The van der Waals surface area contributed by atoms with Crippen molar-refractivity contribution in [2.24, 2.45) is 5.73 Å². The summed E-state index contributed by atoms with van der Waals surface area (Å²) in [7, 11) is 1.72. The molecule has 2 aromatic carbocycles. The van der Waals surface area contributed by atoms with Crippen molar-refractivity contribution in [2.45, 2.75) is 31.1 Å². The van der Waals surface area contributed by atoms with Gasteiger partial charge in [-0.25, -0.2) is 0 Å². The highest BCUT2D eigenvalue weighted by atomic mass is 32.2. The highest BCUT2D eigenvalue weighted by Crippen LogP contribution is 2.39. The van der Waals surface area contributed by atoms with Crippen LogP contribution in [0.25, 0.3) is 22.2 Å². The fraction of sp³-hybridized carbons (Fsp3) is 0.364. The quantitative estimate of drug-likeness (QED) is 0.391. The van der Waals surface area contributed by atoms with Crippen molar-refractivity contribution in [1.29, 1.82) is 0 Å². The van der Waals surface area contributed by atoms with E-state index >= 15 is 0 Å². The molecular weight excluding hydrogens is 356 g/mol. The van der Waals surface area contributed by atoms with Crippen molar-refractivity contribution in [3.8, 4) is 22.8 Å². The van der Waals surface area contributed by atoms with Gasteiger partial charge in [-0.05, 0) is 80.9 Å². The lowest BCUT2D eigenvalue weighted by Crippen LogP contribution is -1.99. The molecule has 3 aromatic rings. The van der Waals surface area contributed by atoms with E-state index < -0.39 is 0 Å². The third-order valence-electron chi connectivity index (χ3n) is 4.75. The Hall–Kier alpha value is -2.11. The van der Waals surface area contributed by atoms with E-state index in [0.717, 1.165) is 47.5 Å². The van der Waals surface area contributed by atoms with Crippen molar-refractivity contribution < 1.29 is 9.47 Å². The molecule has 0 spiro atoms. The van der Waals surface area contributed by atoms with Crippen molar-refractivity contribution in [1.82, 2.24) is 4.98 Å². The van der Waals surface area contributed by atoms with Crippen LogP contribution in [0.2, 0.25) is 0 Å². The number of benzene rings is 2. The Bertz CT molecular complexity index is 905. The second-order valence-corrected chi connectivity index (χ2v) is 7.31. The first-order chi connectivity index (χ1) is 13.2. The maximum absolute atomic E-state index is 5.73. The number of aromatic amines is 1. The largest absolute Gasteiger partial charge is 0.496 e. The summed E-state index contributed by atoms with van der Waals surface area (Å²) in [5, 5.41) is 1.21. The maximum Gasteiger partial charge on any atom is 0.128 e. The molecule has 0 aliphatic rings. The van der Waals surface area contributed by atoms with E-state index in [1.165, 1.54) is 15.8 Å². The lowest BCUT2D eigenvalue weighted by molar-refractivity contribution is 0.340. The zero-order chi connectivity index (χ0) is 19.2. The summed E-state index contributed by atoms with van der Waals surface area (Å²) in [5.74, 6) is 1.78. The van der Waals surface area contributed by atoms with Gasteiger partial charge in [0.05, 0.1) is 19.4 Å². The normalized spacial score (nSPS) is 11.1. The molecule has 0 saturated heterocycles. The summed E-state index contributed by atoms with van der Waals surface area (Å²) in [6.07, 6.45) is 5.13. The monoisotopic (exact) mass is 384 g/mol. The van der Waals surface area contributed by atoms with E-state index in [4.69, 9.17) is 15.2 Å². The van der Waals surface area contributed by atoms with E-state index in [1.54, 1.807) is 18.9 Å². The Morgan fingerprint density at radius 3 is 2.67 bits per heavy atom. The average molecular weight is 385 g/mol. The van der Waals surface area contributed by atoms with Gasteiger partial charge >= 0.3 is 0 Å². The molecule has 0 saturated carbocycles. The van der Waals surface area contributed by atoms with E-state index in [0.29, 0.717) is 13.2 Å². The first kappa shape index (κ1) is 19.6. The second-order valence-electron chi connectivity index (χ2n) is 6.43. The molecule has 5 heteroatoms. The number of aryl methyl sites for hydroxylation is 1. The number of methoxy groups -OCH3 is 1. The van der Waals surface area contributed by atoms with Gasteiger partial charge in [0.1, 0.15) is 11.5 Å². The molecule has 4 nitrogen and oxygen atoms in total. The summed E-state index contributed by atoms with van der Waals surface area (Å²) in [5.41, 5.74) is 10.4. The molecule has 0 unspecified atom stereocenters. The van der Waals surface area contributed by atoms with Gasteiger partial charge in [0.2, 0.25) is 0 Å². The molecular formula is C22H28N2O2S. The van der Waals surface area contributed by atoms with Crippen LogP contribution in [0.3, 0.4) is 0 Å². The number of nitrogens with two attached hydrogens (primary N) is 1. The van der Waals surface area contributed by atoms with Gasteiger partial charge in [0, 0.05) is 21.4 Å². The van der Waals surface area contributed by atoms with Crippen LogP contribution < -0.4 is 15.2 Å². The summed E-state index contributed by atoms with van der Waals surface area (Å²) in [4.78, 5) is 4.84. The number of nitrogens with one attached hydrogen (secondary N) is 1. The Balaban J connectivity index is 2.17. The van der Waals surface area contributed by atoms with Crippen molar-refractivity contribution in [2.75, 3.05) is 26.5 Å². The minimum Gasteiger partial charge on any atom is -0.496 e. The van der Waals surface area contributed by atoms with Crippen LogP contribution in [0.1, 0.15) is 25.3 Å². The van der Waals surface area contributed by atoms with Gasteiger partial charge in [-0.1, -0.05) is 0 Å². The number of unbranched alkanes of at least 4 members (excludes halogenated alkanes) is 1. The molecule has 1 heterocycles. The molecule has 3 N–H and O–H groups in total. The maximum atomic E-state index is 5.73. The first-order valence-electron chi connectivity index (χ1n) is 9.41. The standard InChI is InChI=1S/C22H28N2O2S/c1-4-26-15-8-10-20-18(13-15)17(7-5-6-12-23)22(24-20)19-14-16(27-3)9-11-21(19)25-2/h8-11,13-14,24H,4-7,12,23H2,1-3H3. The highest BCUT2D eigenvalue weighted by Gasteiger charge is 2.17. The second kappa shape index (κ2) is 9.20. The van der Waals surface area contributed by atoms with Gasteiger partial charge in [-0.2, -0.15) is 0 Å². The Morgan fingerprint density at radius 1 is 1.11 bits per heavy atom. The van der Waals surface area contributed by atoms with Crippen LogP contribution in [-0.2, 0) is 6.42 Å². The fourth-order valence-electron chi connectivity index (χ4n) is 3.43. The highest BCUT2D eigenvalue weighted by molar-refractivity contribution is 7.98. The molecule has 0 aliphatic carbocycles. The van der Waals surface area contributed by atoms with Crippen molar-refractivity contribution in [3.05, 3.63) is 42.0 Å². The molecule has 1 aromatic heterocycles. The molecule has 0 fully saturated rings. The summed E-state index contributed by atoms with van der Waals surface area (Å²) >= 11 is 1.73. The SMILES string of the molecule is CCOc1ccc2[nH]c(-c3cc(SC)ccc3OC)c(CCCCN)c2c1. The molecule has 0 aliphatic heterocycles. The third-order valence-corrected chi connectivity index (χ3v) is 5.47. The summed E-state index contributed by atoms with van der Waals surface area (Å²) in [6.45, 7) is 3.38. The van der Waals surface area contributed by atoms with Crippen LogP contribution in [-0.4, -0.2) is 31.5 Å². The van der Waals surface area contributed by atoms with E-state index in [1.807, 2.05) is 19.1 Å². The molecule has 0 atom stereocenters. The third kappa shape index (κ3) is 4.25.